The number of fused-ring (bicyclic) bond motifs is 1. The zero-order valence-electron chi connectivity index (χ0n) is 12.0. The maximum absolute atomic E-state index is 8.73. The van der Waals surface area contributed by atoms with Gasteiger partial charge >= 0.3 is 0 Å². The molecule has 2 aromatic rings. The minimum atomic E-state index is 0.327. The molecule has 1 saturated heterocycles. The number of hydrogen-bond acceptors (Lipinski definition) is 6. The van der Waals surface area contributed by atoms with E-state index in [9.17, 15) is 0 Å². The van der Waals surface area contributed by atoms with Gasteiger partial charge in [-0.25, -0.2) is 15.0 Å². The van der Waals surface area contributed by atoms with Gasteiger partial charge in [-0.3, -0.25) is 5.32 Å². The molecule has 0 saturated carbocycles. The normalized spacial score (nSPS) is 22.2. The van der Waals surface area contributed by atoms with Crippen LogP contribution in [0.15, 0.2) is 24.7 Å². The van der Waals surface area contributed by atoms with Crippen molar-refractivity contribution in [2.45, 2.75) is 19.4 Å². The zero-order chi connectivity index (χ0) is 14.7. The van der Waals surface area contributed by atoms with Crippen molar-refractivity contribution in [1.82, 2.24) is 20.3 Å². The molecule has 108 valence electrons. The Morgan fingerprint density at radius 1 is 1.29 bits per heavy atom. The van der Waals surface area contributed by atoms with Gasteiger partial charge in [-0.05, 0) is 18.4 Å². The predicted molar refractivity (Wildman–Crippen MR) is 80.7 cm³/mol. The Bertz CT molecular complexity index is 659. The Balaban J connectivity index is 1.89. The van der Waals surface area contributed by atoms with Gasteiger partial charge in [0.15, 0.2) is 5.65 Å². The van der Waals surface area contributed by atoms with E-state index >= 15 is 0 Å². The summed E-state index contributed by atoms with van der Waals surface area (Å²) in [5.41, 5.74) is 2.59. The fourth-order valence-corrected chi connectivity index (χ4v) is 3.00. The third-order valence-electron chi connectivity index (χ3n) is 3.82. The van der Waals surface area contributed by atoms with E-state index in [0.717, 1.165) is 30.7 Å². The first-order chi connectivity index (χ1) is 10.3. The smallest absolute Gasteiger partial charge is 0.180 e. The summed E-state index contributed by atoms with van der Waals surface area (Å²) in [5.74, 6) is 0.565. The average Bonchev–Trinajstić information content (AvgIpc) is 2.52. The van der Waals surface area contributed by atoms with Crippen LogP contribution < -0.4 is 10.2 Å². The van der Waals surface area contributed by atoms with Crippen molar-refractivity contribution in [3.8, 4) is 6.07 Å². The molecule has 21 heavy (non-hydrogen) atoms. The van der Waals surface area contributed by atoms with E-state index in [1.54, 1.807) is 18.6 Å². The second-order valence-corrected chi connectivity index (χ2v) is 5.54. The van der Waals surface area contributed by atoms with E-state index < -0.39 is 0 Å². The number of nitrogens with zero attached hydrogens (tertiary/aromatic N) is 5. The number of anilines is 1. The first-order valence-corrected chi connectivity index (χ1v) is 7.19. The molecule has 1 aliphatic heterocycles. The standard InChI is InChI=1S/C15H18N6/c1-11-8-12(17-5-3-16)10-21(9-11)13-2-4-19-15-14(13)18-6-7-20-15/h2,4,6-7,11-12,17H,5,8-10H2,1H3. The highest BCUT2D eigenvalue weighted by Gasteiger charge is 2.25. The molecule has 0 amide bonds. The number of nitrogens with one attached hydrogen (secondary N) is 1. The molecular formula is C15H18N6. The highest BCUT2D eigenvalue weighted by molar-refractivity contribution is 5.85. The summed E-state index contributed by atoms with van der Waals surface area (Å²) in [6.07, 6.45) is 6.23. The summed E-state index contributed by atoms with van der Waals surface area (Å²) in [4.78, 5) is 15.3. The van der Waals surface area contributed by atoms with Crippen molar-refractivity contribution in [3.05, 3.63) is 24.7 Å². The lowest BCUT2D eigenvalue weighted by Crippen LogP contribution is -2.49. The molecule has 1 N–H and O–H groups in total. The van der Waals surface area contributed by atoms with Crippen LogP contribution >= 0.6 is 0 Å². The fourth-order valence-electron chi connectivity index (χ4n) is 3.00. The first-order valence-electron chi connectivity index (χ1n) is 7.19. The Hall–Kier alpha value is -2.26. The Kier molecular flexibility index (Phi) is 3.93. The van der Waals surface area contributed by atoms with Crippen molar-refractivity contribution in [2.24, 2.45) is 5.92 Å². The molecule has 3 heterocycles. The van der Waals surface area contributed by atoms with Crippen LogP contribution in [0.4, 0.5) is 5.69 Å². The molecular weight excluding hydrogens is 264 g/mol. The second-order valence-electron chi connectivity index (χ2n) is 5.54. The SMILES string of the molecule is CC1CC(NCC#N)CN(c2ccnc3nccnc23)C1. The number of pyridine rings is 1. The van der Waals surface area contributed by atoms with E-state index in [4.69, 9.17) is 5.26 Å². The van der Waals surface area contributed by atoms with Crippen LogP contribution in [0.1, 0.15) is 13.3 Å². The molecule has 2 aromatic heterocycles. The summed E-state index contributed by atoms with van der Waals surface area (Å²) in [5, 5.41) is 12.0. The maximum atomic E-state index is 8.73. The third kappa shape index (κ3) is 2.93. The molecule has 0 spiro atoms. The number of hydrogen-bond donors (Lipinski definition) is 1. The Morgan fingerprint density at radius 2 is 2.10 bits per heavy atom. The van der Waals surface area contributed by atoms with E-state index in [0.29, 0.717) is 24.2 Å². The second kappa shape index (κ2) is 6.02. The van der Waals surface area contributed by atoms with Gasteiger partial charge in [0.25, 0.3) is 0 Å². The monoisotopic (exact) mass is 282 g/mol. The number of rotatable bonds is 3. The maximum Gasteiger partial charge on any atom is 0.180 e. The van der Waals surface area contributed by atoms with Gasteiger partial charge in [0.1, 0.15) is 5.52 Å². The van der Waals surface area contributed by atoms with Gasteiger partial charge in [0.05, 0.1) is 18.3 Å². The molecule has 0 bridgehead atoms. The number of aromatic nitrogens is 3. The molecule has 0 aliphatic carbocycles. The summed E-state index contributed by atoms with van der Waals surface area (Å²) in [7, 11) is 0. The van der Waals surface area contributed by atoms with Gasteiger partial charge in [-0.1, -0.05) is 6.92 Å². The highest BCUT2D eigenvalue weighted by Crippen LogP contribution is 2.27. The highest BCUT2D eigenvalue weighted by atomic mass is 15.2. The van der Waals surface area contributed by atoms with E-state index in [1.165, 1.54) is 0 Å². The fraction of sp³-hybridized carbons (Fsp3) is 0.467. The van der Waals surface area contributed by atoms with Gasteiger partial charge in [0, 0.05) is 37.7 Å². The lowest BCUT2D eigenvalue weighted by molar-refractivity contribution is 0.360. The van der Waals surface area contributed by atoms with Crippen LogP contribution in [0.5, 0.6) is 0 Å². The predicted octanol–water partition coefficient (Wildman–Crippen LogP) is 1.35. The largest absolute Gasteiger partial charge is 0.368 e. The Morgan fingerprint density at radius 3 is 2.95 bits per heavy atom. The van der Waals surface area contributed by atoms with E-state index in [1.807, 2.05) is 6.07 Å². The molecule has 6 nitrogen and oxygen atoms in total. The average molecular weight is 282 g/mol. The third-order valence-corrected chi connectivity index (χ3v) is 3.82. The van der Waals surface area contributed by atoms with Crippen molar-refractivity contribution in [2.75, 3.05) is 24.5 Å². The Labute approximate surface area is 123 Å². The zero-order valence-corrected chi connectivity index (χ0v) is 12.0. The summed E-state index contributed by atoms with van der Waals surface area (Å²) in [6.45, 7) is 4.49. The van der Waals surface area contributed by atoms with Crippen molar-refractivity contribution in [1.29, 1.82) is 5.26 Å². The number of nitriles is 1. The molecule has 2 unspecified atom stereocenters. The number of piperidine rings is 1. The van der Waals surface area contributed by atoms with Crippen molar-refractivity contribution >= 4 is 16.9 Å². The molecule has 0 aromatic carbocycles. The minimum absolute atomic E-state index is 0.327. The quantitative estimate of drug-likeness (QED) is 0.856. The molecule has 3 rings (SSSR count). The minimum Gasteiger partial charge on any atom is -0.368 e. The summed E-state index contributed by atoms with van der Waals surface area (Å²) in [6, 6.07) is 4.48. The van der Waals surface area contributed by atoms with Crippen LogP contribution in [0.2, 0.25) is 0 Å². The van der Waals surface area contributed by atoms with Gasteiger partial charge in [0.2, 0.25) is 0 Å². The molecule has 2 atom stereocenters. The van der Waals surface area contributed by atoms with Gasteiger partial charge in [-0.2, -0.15) is 5.26 Å². The molecule has 6 heteroatoms. The van der Waals surface area contributed by atoms with Crippen LogP contribution in [-0.2, 0) is 0 Å². The first kappa shape index (κ1) is 13.7. The van der Waals surface area contributed by atoms with Crippen LogP contribution in [0, 0.1) is 17.2 Å². The van der Waals surface area contributed by atoms with Crippen molar-refractivity contribution in [3.63, 3.8) is 0 Å². The lowest BCUT2D eigenvalue weighted by Gasteiger charge is -2.38. The van der Waals surface area contributed by atoms with E-state index in [-0.39, 0.29) is 0 Å². The van der Waals surface area contributed by atoms with Crippen LogP contribution in [0.3, 0.4) is 0 Å². The molecule has 0 radical (unpaired) electrons. The van der Waals surface area contributed by atoms with Crippen LogP contribution in [0.25, 0.3) is 11.2 Å². The van der Waals surface area contributed by atoms with Gasteiger partial charge in [-0.15, -0.1) is 0 Å². The lowest BCUT2D eigenvalue weighted by atomic mass is 9.95. The van der Waals surface area contributed by atoms with E-state index in [2.05, 4.69) is 38.2 Å². The van der Waals surface area contributed by atoms with Gasteiger partial charge < -0.3 is 4.90 Å². The summed E-state index contributed by atoms with van der Waals surface area (Å²) >= 11 is 0. The topological polar surface area (TPSA) is 77.7 Å². The molecule has 1 aliphatic rings. The summed E-state index contributed by atoms with van der Waals surface area (Å²) < 4.78 is 0. The molecule has 1 fully saturated rings. The van der Waals surface area contributed by atoms with Crippen LogP contribution in [-0.4, -0.2) is 40.6 Å². The van der Waals surface area contributed by atoms with Crippen molar-refractivity contribution < 1.29 is 0 Å².